The van der Waals surface area contributed by atoms with Gasteiger partial charge in [0.15, 0.2) is 11.5 Å². The number of para-hydroxylation sites is 1. The zero-order valence-electron chi connectivity index (χ0n) is 18.7. The van der Waals surface area contributed by atoms with E-state index in [1.165, 1.54) is 7.11 Å². The lowest BCUT2D eigenvalue weighted by molar-refractivity contribution is -0.135. The van der Waals surface area contributed by atoms with Crippen molar-refractivity contribution in [1.82, 2.24) is 0 Å². The largest absolute Gasteiger partial charge is 0.496 e. The van der Waals surface area contributed by atoms with Crippen molar-refractivity contribution in [2.75, 3.05) is 33.3 Å². The molecule has 172 valence electrons. The van der Waals surface area contributed by atoms with E-state index in [0.717, 1.165) is 10.0 Å². The molecule has 0 unspecified atom stereocenters. The van der Waals surface area contributed by atoms with Crippen molar-refractivity contribution in [1.29, 1.82) is 0 Å². The van der Waals surface area contributed by atoms with Crippen molar-refractivity contribution in [3.63, 3.8) is 0 Å². The van der Waals surface area contributed by atoms with E-state index in [2.05, 4.69) is 15.9 Å². The van der Waals surface area contributed by atoms with Crippen LogP contribution in [0.2, 0.25) is 0 Å². The standard InChI is InChI=1S/C25H24BrNO6/c1-29-19-11-10-15(12-18(19)26)22-24(33-17-8-6-5-7-9-17)25(28)27(22)16-13-20(30-2)23(32-4)21(14-16)31-3/h5-14,22,24H,1-4H3/t22-,24-/m0/s1. The number of carbonyl (C=O) groups is 1. The summed E-state index contributed by atoms with van der Waals surface area (Å²) in [4.78, 5) is 15.0. The third kappa shape index (κ3) is 4.18. The van der Waals surface area contributed by atoms with Crippen LogP contribution < -0.4 is 28.6 Å². The number of ether oxygens (including phenoxy) is 5. The number of benzene rings is 3. The molecule has 2 atom stereocenters. The van der Waals surface area contributed by atoms with E-state index >= 15 is 0 Å². The van der Waals surface area contributed by atoms with Gasteiger partial charge in [-0.05, 0) is 45.8 Å². The summed E-state index contributed by atoms with van der Waals surface area (Å²) < 4.78 is 28.7. The number of halogens is 1. The molecule has 7 nitrogen and oxygen atoms in total. The van der Waals surface area contributed by atoms with Gasteiger partial charge >= 0.3 is 0 Å². The zero-order valence-corrected chi connectivity index (χ0v) is 20.3. The first-order chi connectivity index (χ1) is 16.0. The molecule has 8 heteroatoms. The van der Waals surface area contributed by atoms with Crippen LogP contribution in [0.5, 0.6) is 28.7 Å². The maximum absolute atomic E-state index is 13.4. The van der Waals surface area contributed by atoms with Gasteiger partial charge in [-0.2, -0.15) is 0 Å². The first-order valence-corrected chi connectivity index (χ1v) is 11.0. The van der Waals surface area contributed by atoms with Gasteiger partial charge in [-0.15, -0.1) is 0 Å². The molecule has 3 aromatic rings. The zero-order chi connectivity index (χ0) is 23.5. The fourth-order valence-corrected chi connectivity index (χ4v) is 4.47. The van der Waals surface area contributed by atoms with Crippen LogP contribution in [0.3, 0.4) is 0 Å². The van der Waals surface area contributed by atoms with Crippen LogP contribution in [0.15, 0.2) is 65.1 Å². The highest BCUT2D eigenvalue weighted by molar-refractivity contribution is 9.10. The molecular formula is C25H24BrNO6. The number of rotatable bonds is 8. The van der Waals surface area contributed by atoms with E-state index in [9.17, 15) is 4.79 Å². The molecule has 1 heterocycles. The van der Waals surface area contributed by atoms with E-state index in [-0.39, 0.29) is 11.9 Å². The lowest BCUT2D eigenvalue weighted by atomic mass is 9.89. The highest BCUT2D eigenvalue weighted by Gasteiger charge is 2.51. The van der Waals surface area contributed by atoms with Crippen molar-refractivity contribution in [3.8, 4) is 28.7 Å². The van der Waals surface area contributed by atoms with Crippen LogP contribution in [0.4, 0.5) is 5.69 Å². The molecule has 0 N–H and O–H groups in total. The number of anilines is 1. The summed E-state index contributed by atoms with van der Waals surface area (Å²) >= 11 is 3.55. The number of hydrogen-bond acceptors (Lipinski definition) is 6. The third-order valence-electron chi connectivity index (χ3n) is 5.50. The van der Waals surface area contributed by atoms with Crippen molar-refractivity contribution in [3.05, 3.63) is 70.7 Å². The van der Waals surface area contributed by atoms with Crippen LogP contribution >= 0.6 is 15.9 Å². The van der Waals surface area contributed by atoms with Gasteiger partial charge in [0.05, 0.1) is 38.6 Å². The molecule has 0 spiro atoms. The van der Waals surface area contributed by atoms with E-state index in [1.807, 2.05) is 48.5 Å². The molecule has 0 radical (unpaired) electrons. The average molecular weight is 514 g/mol. The van der Waals surface area contributed by atoms with E-state index in [0.29, 0.717) is 34.4 Å². The first kappa shape index (κ1) is 22.8. The summed E-state index contributed by atoms with van der Waals surface area (Å²) in [5.41, 5.74) is 1.50. The summed E-state index contributed by atoms with van der Waals surface area (Å²) in [6, 6.07) is 18.1. The summed E-state index contributed by atoms with van der Waals surface area (Å²) in [6.45, 7) is 0. The fraction of sp³-hybridized carbons (Fsp3) is 0.240. The maximum Gasteiger partial charge on any atom is 0.271 e. The number of nitrogens with zero attached hydrogens (tertiary/aromatic N) is 1. The second-order valence-electron chi connectivity index (χ2n) is 7.28. The molecule has 1 saturated heterocycles. The Hall–Kier alpha value is -3.39. The predicted molar refractivity (Wildman–Crippen MR) is 128 cm³/mol. The lowest BCUT2D eigenvalue weighted by Gasteiger charge is -2.46. The molecule has 1 aliphatic rings. The van der Waals surface area contributed by atoms with Gasteiger partial charge in [0.25, 0.3) is 5.91 Å². The van der Waals surface area contributed by atoms with Crippen LogP contribution in [0.1, 0.15) is 11.6 Å². The fourth-order valence-electron chi connectivity index (χ4n) is 3.91. The van der Waals surface area contributed by atoms with Crippen LogP contribution in [0, 0.1) is 0 Å². The number of amides is 1. The summed E-state index contributed by atoms with van der Waals surface area (Å²) in [7, 11) is 6.23. The molecule has 0 aliphatic carbocycles. The Kier molecular flexibility index (Phi) is 6.65. The minimum Gasteiger partial charge on any atom is -0.496 e. The molecule has 1 aliphatic heterocycles. The number of hydrogen-bond donors (Lipinski definition) is 0. The Balaban J connectivity index is 1.78. The van der Waals surface area contributed by atoms with Gasteiger partial charge in [0.1, 0.15) is 17.5 Å². The van der Waals surface area contributed by atoms with Crippen LogP contribution in [0.25, 0.3) is 0 Å². The maximum atomic E-state index is 13.4. The smallest absolute Gasteiger partial charge is 0.271 e. The molecule has 0 bridgehead atoms. The molecule has 4 rings (SSSR count). The molecule has 33 heavy (non-hydrogen) atoms. The molecular weight excluding hydrogens is 490 g/mol. The highest BCUT2D eigenvalue weighted by Crippen LogP contribution is 2.47. The highest BCUT2D eigenvalue weighted by atomic mass is 79.9. The van der Waals surface area contributed by atoms with Crippen LogP contribution in [-0.4, -0.2) is 40.5 Å². The SMILES string of the molecule is COc1ccc([C@H]2[C@H](Oc3ccccc3)C(=O)N2c2cc(OC)c(OC)c(OC)c2)cc1Br. The lowest BCUT2D eigenvalue weighted by Crippen LogP contribution is -2.61. The van der Waals surface area contributed by atoms with Gasteiger partial charge in [-0.25, -0.2) is 0 Å². The normalized spacial score (nSPS) is 17.2. The molecule has 3 aromatic carbocycles. The second-order valence-corrected chi connectivity index (χ2v) is 8.14. The van der Waals surface area contributed by atoms with E-state index in [1.54, 1.807) is 38.4 Å². The third-order valence-corrected chi connectivity index (χ3v) is 6.12. The Morgan fingerprint density at radius 3 is 1.97 bits per heavy atom. The number of methoxy groups -OCH3 is 4. The summed E-state index contributed by atoms with van der Waals surface area (Å²) in [5, 5.41) is 0. The minimum absolute atomic E-state index is 0.176. The Labute approximate surface area is 200 Å². The van der Waals surface area contributed by atoms with Crippen molar-refractivity contribution in [2.24, 2.45) is 0 Å². The minimum atomic E-state index is -0.702. The van der Waals surface area contributed by atoms with Gasteiger partial charge in [0, 0.05) is 12.1 Å². The predicted octanol–water partition coefficient (Wildman–Crippen LogP) is 5.02. The Morgan fingerprint density at radius 1 is 0.788 bits per heavy atom. The second kappa shape index (κ2) is 9.62. The summed E-state index contributed by atoms with van der Waals surface area (Å²) in [5.74, 6) is 2.52. The molecule has 1 fully saturated rings. The van der Waals surface area contributed by atoms with Crippen LogP contribution in [-0.2, 0) is 4.79 Å². The molecule has 1 amide bonds. The van der Waals surface area contributed by atoms with Crippen molar-refractivity contribution >= 4 is 27.5 Å². The number of β-lactam (4-membered cyclic amide) rings is 1. The topological polar surface area (TPSA) is 66.5 Å². The van der Waals surface area contributed by atoms with E-state index < -0.39 is 6.10 Å². The van der Waals surface area contributed by atoms with E-state index in [4.69, 9.17) is 23.7 Å². The Morgan fingerprint density at radius 2 is 1.42 bits per heavy atom. The van der Waals surface area contributed by atoms with Gasteiger partial charge in [0.2, 0.25) is 11.9 Å². The Bertz CT molecular complexity index is 1130. The molecule has 0 aromatic heterocycles. The average Bonchev–Trinajstić information content (AvgIpc) is 2.85. The van der Waals surface area contributed by atoms with Gasteiger partial charge < -0.3 is 23.7 Å². The quantitative estimate of drug-likeness (QED) is 0.394. The molecule has 0 saturated carbocycles. The van der Waals surface area contributed by atoms with Crippen molar-refractivity contribution in [2.45, 2.75) is 12.1 Å². The monoisotopic (exact) mass is 513 g/mol. The van der Waals surface area contributed by atoms with Gasteiger partial charge in [-0.3, -0.25) is 9.69 Å². The number of carbonyl (C=O) groups excluding carboxylic acids is 1. The van der Waals surface area contributed by atoms with Gasteiger partial charge in [-0.1, -0.05) is 24.3 Å². The van der Waals surface area contributed by atoms with Crippen molar-refractivity contribution < 1.29 is 28.5 Å². The first-order valence-electron chi connectivity index (χ1n) is 10.2. The summed E-state index contributed by atoms with van der Waals surface area (Å²) in [6.07, 6.45) is -0.702.